The minimum Gasteiger partial charge on any atom is -0.363 e. The van der Waals surface area contributed by atoms with E-state index in [0.717, 1.165) is 5.56 Å². The van der Waals surface area contributed by atoms with Crippen molar-refractivity contribution in [1.29, 1.82) is 0 Å². The van der Waals surface area contributed by atoms with Gasteiger partial charge in [-0.3, -0.25) is 19.8 Å². The van der Waals surface area contributed by atoms with Crippen molar-refractivity contribution >= 4 is 46.2 Å². The lowest BCUT2D eigenvalue weighted by molar-refractivity contribution is -0.384. The SMILES string of the molecule is Cc1c(Cl)cccc1NC(=O)CN1CCN(c2ccc(Cl)cc2[N+](=O)[O-])CC1. The van der Waals surface area contributed by atoms with Crippen LogP contribution in [0, 0.1) is 17.0 Å². The van der Waals surface area contributed by atoms with Crippen molar-refractivity contribution in [1.82, 2.24) is 4.90 Å². The van der Waals surface area contributed by atoms with Gasteiger partial charge < -0.3 is 10.2 Å². The maximum Gasteiger partial charge on any atom is 0.294 e. The summed E-state index contributed by atoms with van der Waals surface area (Å²) in [5.41, 5.74) is 2.08. The van der Waals surface area contributed by atoms with Gasteiger partial charge in [-0.15, -0.1) is 0 Å². The number of nitro benzene ring substituents is 1. The standard InChI is InChI=1S/C19H20Cl2N4O3/c1-13-15(21)3-2-4-16(13)22-19(26)12-23-7-9-24(10-8-23)17-6-5-14(20)11-18(17)25(27)28/h2-6,11H,7-10,12H2,1H3,(H,22,26). The van der Waals surface area contributed by atoms with Gasteiger partial charge in [0.05, 0.1) is 11.5 Å². The maximum atomic E-state index is 12.4. The van der Waals surface area contributed by atoms with Gasteiger partial charge in [0.1, 0.15) is 5.69 Å². The van der Waals surface area contributed by atoms with Crippen molar-refractivity contribution in [3.05, 3.63) is 62.1 Å². The van der Waals surface area contributed by atoms with Crippen LogP contribution in [0.2, 0.25) is 10.0 Å². The van der Waals surface area contributed by atoms with Gasteiger partial charge in [-0.1, -0.05) is 29.3 Å². The number of anilines is 2. The number of carbonyl (C=O) groups is 1. The second-order valence-electron chi connectivity index (χ2n) is 6.61. The summed E-state index contributed by atoms with van der Waals surface area (Å²) in [5.74, 6) is -0.115. The number of hydrogen-bond acceptors (Lipinski definition) is 5. The number of halogens is 2. The van der Waals surface area contributed by atoms with Gasteiger partial charge in [0, 0.05) is 48.0 Å². The fraction of sp³-hybridized carbons (Fsp3) is 0.316. The van der Waals surface area contributed by atoms with Gasteiger partial charge in [0.25, 0.3) is 5.69 Å². The number of amides is 1. The summed E-state index contributed by atoms with van der Waals surface area (Å²) in [7, 11) is 0. The zero-order valence-electron chi connectivity index (χ0n) is 15.3. The van der Waals surface area contributed by atoms with E-state index in [2.05, 4.69) is 5.32 Å². The van der Waals surface area contributed by atoms with Crippen molar-refractivity contribution in [2.45, 2.75) is 6.92 Å². The van der Waals surface area contributed by atoms with Gasteiger partial charge in [-0.05, 0) is 36.8 Å². The molecular formula is C19H20Cl2N4O3. The third-order valence-electron chi connectivity index (χ3n) is 4.76. The lowest BCUT2D eigenvalue weighted by atomic mass is 10.2. The normalized spacial score (nSPS) is 14.8. The third-order valence-corrected chi connectivity index (χ3v) is 5.40. The number of nitrogens with one attached hydrogen (secondary N) is 1. The molecule has 7 nitrogen and oxygen atoms in total. The molecule has 1 fully saturated rings. The molecule has 0 atom stereocenters. The first-order valence-corrected chi connectivity index (χ1v) is 9.57. The van der Waals surface area contributed by atoms with Crippen molar-refractivity contribution in [3.8, 4) is 0 Å². The fourth-order valence-corrected chi connectivity index (χ4v) is 3.53. The molecule has 1 amide bonds. The quantitative estimate of drug-likeness (QED) is 0.582. The number of benzene rings is 2. The predicted octanol–water partition coefficient (Wildman–Crippen LogP) is 3.97. The number of nitrogens with zero attached hydrogens (tertiary/aromatic N) is 3. The summed E-state index contributed by atoms with van der Waals surface area (Å²) < 4.78 is 0. The molecule has 148 valence electrons. The summed E-state index contributed by atoms with van der Waals surface area (Å²) in [5, 5.41) is 15.1. The molecule has 0 aliphatic carbocycles. The highest BCUT2D eigenvalue weighted by Gasteiger charge is 2.25. The second kappa shape index (κ2) is 8.77. The lowest BCUT2D eigenvalue weighted by Gasteiger charge is -2.35. The largest absolute Gasteiger partial charge is 0.363 e. The van der Waals surface area contributed by atoms with Crippen LogP contribution >= 0.6 is 23.2 Å². The first-order valence-electron chi connectivity index (χ1n) is 8.81. The van der Waals surface area contributed by atoms with Gasteiger partial charge in [0.2, 0.25) is 5.91 Å². The van der Waals surface area contributed by atoms with E-state index in [0.29, 0.717) is 47.6 Å². The average Bonchev–Trinajstić information content (AvgIpc) is 2.66. The van der Waals surface area contributed by atoms with Crippen molar-refractivity contribution in [3.63, 3.8) is 0 Å². The monoisotopic (exact) mass is 422 g/mol. The van der Waals surface area contributed by atoms with Gasteiger partial charge >= 0.3 is 0 Å². The molecule has 1 saturated heterocycles. The van der Waals surface area contributed by atoms with Crippen LogP contribution in [0.1, 0.15) is 5.56 Å². The van der Waals surface area contributed by atoms with Crippen LogP contribution in [0.5, 0.6) is 0 Å². The van der Waals surface area contributed by atoms with E-state index in [9.17, 15) is 14.9 Å². The van der Waals surface area contributed by atoms with Crippen LogP contribution in [0.25, 0.3) is 0 Å². The topological polar surface area (TPSA) is 78.7 Å². The van der Waals surface area contributed by atoms with E-state index < -0.39 is 4.92 Å². The molecule has 2 aromatic carbocycles. The zero-order valence-corrected chi connectivity index (χ0v) is 16.8. The Balaban J connectivity index is 1.58. The smallest absolute Gasteiger partial charge is 0.294 e. The highest BCUT2D eigenvalue weighted by Crippen LogP contribution is 2.31. The Morgan fingerprint density at radius 3 is 2.57 bits per heavy atom. The van der Waals surface area contributed by atoms with Gasteiger partial charge in [-0.2, -0.15) is 0 Å². The number of nitro groups is 1. The van der Waals surface area contributed by atoms with Crippen LogP contribution < -0.4 is 10.2 Å². The molecule has 9 heteroatoms. The zero-order chi connectivity index (χ0) is 20.3. The third kappa shape index (κ3) is 4.73. The molecule has 1 N–H and O–H groups in total. The van der Waals surface area contributed by atoms with Crippen molar-refractivity contribution < 1.29 is 9.72 Å². The Labute approximate surface area is 173 Å². The first-order chi connectivity index (χ1) is 13.3. The molecule has 0 radical (unpaired) electrons. The van der Waals surface area contributed by atoms with Gasteiger partial charge in [-0.25, -0.2) is 0 Å². The molecule has 0 spiro atoms. The molecule has 0 bridgehead atoms. The molecule has 3 rings (SSSR count). The average molecular weight is 423 g/mol. The highest BCUT2D eigenvalue weighted by atomic mass is 35.5. The highest BCUT2D eigenvalue weighted by molar-refractivity contribution is 6.31. The van der Waals surface area contributed by atoms with Crippen LogP contribution in [-0.2, 0) is 4.79 Å². The van der Waals surface area contributed by atoms with Crippen molar-refractivity contribution in [2.75, 3.05) is 42.9 Å². The molecular weight excluding hydrogens is 403 g/mol. The molecule has 2 aromatic rings. The van der Waals surface area contributed by atoms with E-state index in [-0.39, 0.29) is 18.1 Å². The summed E-state index contributed by atoms with van der Waals surface area (Å²) >= 11 is 12.0. The molecule has 1 aliphatic heterocycles. The first kappa shape index (κ1) is 20.4. The second-order valence-corrected chi connectivity index (χ2v) is 7.46. The van der Waals surface area contributed by atoms with Crippen LogP contribution in [0.3, 0.4) is 0 Å². The molecule has 0 saturated carbocycles. The summed E-state index contributed by atoms with van der Waals surface area (Å²) in [6.07, 6.45) is 0. The lowest BCUT2D eigenvalue weighted by Crippen LogP contribution is -2.48. The van der Waals surface area contributed by atoms with E-state index in [4.69, 9.17) is 23.2 Å². The maximum absolute atomic E-state index is 12.4. The Hall–Kier alpha value is -2.35. The Morgan fingerprint density at radius 1 is 1.18 bits per heavy atom. The van der Waals surface area contributed by atoms with Crippen LogP contribution in [-0.4, -0.2) is 48.5 Å². The Bertz CT molecular complexity index is 899. The van der Waals surface area contributed by atoms with Crippen LogP contribution in [0.4, 0.5) is 17.1 Å². The molecule has 1 heterocycles. The number of rotatable bonds is 5. The molecule has 28 heavy (non-hydrogen) atoms. The fourth-order valence-electron chi connectivity index (χ4n) is 3.19. The summed E-state index contributed by atoms with van der Waals surface area (Å²) in [6.45, 7) is 4.54. The number of hydrogen-bond donors (Lipinski definition) is 1. The van der Waals surface area contributed by atoms with E-state index in [1.54, 1.807) is 24.3 Å². The minimum absolute atomic E-state index is 0.00451. The Morgan fingerprint density at radius 2 is 1.89 bits per heavy atom. The summed E-state index contributed by atoms with van der Waals surface area (Å²) in [4.78, 5) is 27.2. The Kier molecular flexibility index (Phi) is 6.39. The minimum atomic E-state index is -0.422. The number of carbonyl (C=O) groups excluding carboxylic acids is 1. The number of piperazine rings is 1. The van der Waals surface area contributed by atoms with E-state index >= 15 is 0 Å². The van der Waals surface area contributed by atoms with Gasteiger partial charge in [0.15, 0.2) is 0 Å². The predicted molar refractivity (Wildman–Crippen MR) is 112 cm³/mol. The van der Waals surface area contributed by atoms with E-state index in [1.165, 1.54) is 6.07 Å². The summed E-state index contributed by atoms with van der Waals surface area (Å²) in [6, 6.07) is 10.1. The van der Waals surface area contributed by atoms with Crippen molar-refractivity contribution in [2.24, 2.45) is 0 Å². The molecule has 0 unspecified atom stereocenters. The molecule has 1 aliphatic rings. The van der Waals surface area contributed by atoms with Crippen LogP contribution in [0.15, 0.2) is 36.4 Å². The molecule has 0 aromatic heterocycles. The van der Waals surface area contributed by atoms with E-state index in [1.807, 2.05) is 22.8 Å².